The number of anilines is 1. The van der Waals surface area contributed by atoms with Crippen molar-refractivity contribution in [3.8, 4) is 11.5 Å². The Morgan fingerprint density at radius 2 is 1.68 bits per heavy atom. The van der Waals surface area contributed by atoms with Gasteiger partial charge in [0.1, 0.15) is 5.75 Å². The molecule has 3 aromatic carbocycles. The molecule has 0 bridgehead atoms. The summed E-state index contributed by atoms with van der Waals surface area (Å²) in [7, 11) is 0. The molecule has 4 nitrogen and oxygen atoms in total. The summed E-state index contributed by atoms with van der Waals surface area (Å²) in [6.07, 6.45) is 1.59. The molecule has 0 saturated carbocycles. The molecule has 1 aliphatic rings. The molecule has 1 amide bonds. The van der Waals surface area contributed by atoms with Gasteiger partial charge in [-0.3, -0.25) is 9.69 Å². The minimum Gasteiger partial charge on any atom is -0.455 e. The number of halogens is 2. The Morgan fingerprint density at radius 3 is 2.42 bits per heavy atom. The number of likely N-dealkylation sites (tertiary alicyclic amines) is 1. The molecule has 1 aliphatic heterocycles. The van der Waals surface area contributed by atoms with Crippen LogP contribution in [0.2, 0.25) is 10.0 Å². The number of ether oxygens (including phenoxy) is 1. The third-order valence-electron chi connectivity index (χ3n) is 5.48. The number of piperidine rings is 1. The van der Waals surface area contributed by atoms with Gasteiger partial charge in [0.05, 0.1) is 5.69 Å². The van der Waals surface area contributed by atoms with Crippen molar-refractivity contribution in [3.05, 3.63) is 88.4 Å². The van der Waals surface area contributed by atoms with Crippen molar-refractivity contribution < 1.29 is 9.53 Å². The summed E-state index contributed by atoms with van der Waals surface area (Å²) in [5.74, 6) is 1.22. The van der Waals surface area contributed by atoms with E-state index in [-0.39, 0.29) is 11.8 Å². The Balaban J connectivity index is 1.37. The molecule has 1 fully saturated rings. The number of hydrogen-bond acceptors (Lipinski definition) is 3. The van der Waals surface area contributed by atoms with E-state index in [9.17, 15) is 4.79 Å². The van der Waals surface area contributed by atoms with E-state index in [1.54, 1.807) is 18.2 Å². The fourth-order valence-electron chi connectivity index (χ4n) is 3.76. The highest BCUT2D eigenvalue weighted by Crippen LogP contribution is 2.33. The topological polar surface area (TPSA) is 41.6 Å². The predicted octanol–water partition coefficient (Wildman–Crippen LogP) is 6.64. The Bertz CT molecular complexity index is 1030. The second-order valence-electron chi connectivity index (χ2n) is 7.69. The molecule has 0 atom stereocenters. The predicted molar refractivity (Wildman–Crippen MR) is 126 cm³/mol. The number of benzene rings is 3. The molecule has 0 aliphatic carbocycles. The van der Waals surface area contributed by atoms with Crippen molar-refractivity contribution in [2.45, 2.75) is 19.4 Å². The number of amides is 1. The molecular formula is C25H24Cl2N2O2. The molecule has 0 spiro atoms. The van der Waals surface area contributed by atoms with E-state index in [1.165, 1.54) is 0 Å². The van der Waals surface area contributed by atoms with Crippen LogP contribution in [0.25, 0.3) is 0 Å². The maximum atomic E-state index is 13.0. The molecule has 0 aromatic heterocycles. The van der Waals surface area contributed by atoms with Crippen molar-refractivity contribution in [1.29, 1.82) is 0 Å². The molecule has 6 heteroatoms. The van der Waals surface area contributed by atoms with Crippen molar-refractivity contribution >= 4 is 34.8 Å². The minimum absolute atomic E-state index is 0.00225. The van der Waals surface area contributed by atoms with Gasteiger partial charge in [-0.2, -0.15) is 0 Å². The summed E-state index contributed by atoms with van der Waals surface area (Å²) in [4.78, 5) is 15.3. The van der Waals surface area contributed by atoms with Gasteiger partial charge < -0.3 is 10.1 Å². The van der Waals surface area contributed by atoms with Crippen LogP contribution in [0.5, 0.6) is 11.5 Å². The lowest BCUT2D eigenvalue weighted by atomic mass is 9.95. The van der Waals surface area contributed by atoms with Gasteiger partial charge in [0.25, 0.3) is 0 Å². The number of hydrogen-bond donors (Lipinski definition) is 1. The summed E-state index contributed by atoms with van der Waals surface area (Å²) in [5.41, 5.74) is 1.70. The van der Waals surface area contributed by atoms with E-state index in [2.05, 4.69) is 16.3 Å². The van der Waals surface area contributed by atoms with Crippen LogP contribution in [0.15, 0.2) is 72.8 Å². The van der Waals surface area contributed by atoms with Crippen LogP contribution in [0.1, 0.15) is 18.4 Å². The van der Waals surface area contributed by atoms with E-state index in [1.807, 2.05) is 48.5 Å². The van der Waals surface area contributed by atoms with Gasteiger partial charge in [0, 0.05) is 22.5 Å². The summed E-state index contributed by atoms with van der Waals surface area (Å²) in [6.45, 7) is 2.51. The van der Waals surface area contributed by atoms with E-state index in [0.29, 0.717) is 22.2 Å². The third kappa shape index (κ3) is 5.79. The number of para-hydroxylation sites is 1. The van der Waals surface area contributed by atoms with Gasteiger partial charge in [-0.1, -0.05) is 59.6 Å². The Hall–Kier alpha value is -2.53. The maximum absolute atomic E-state index is 13.0. The number of nitrogens with zero attached hydrogens (tertiary/aromatic N) is 1. The minimum atomic E-state index is -0.0500. The van der Waals surface area contributed by atoms with Crippen LogP contribution < -0.4 is 10.1 Å². The third-order valence-corrected chi connectivity index (χ3v) is 6.08. The lowest BCUT2D eigenvalue weighted by Crippen LogP contribution is -2.37. The zero-order chi connectivity index (χ0) is 21.6. The summed E-state index contributed by atoms with van der Waals surface area (Å²) in [6, 6.07) is 22.6. The molecule has 1 heterocycles. The largest absolute Gasteiger partial charge is 0.455 e. The molecule has 160 valence electrons. The second kappa shape index (κ2) is 10.2. The normalized spacial score (nSPS) is 14.9. The summed E-state index contributed by atoms with van der Waals surface area (Å²) in [5, 5.41) is 4.36. The van der Waals surface area contributed by atoms with Gasteiger partial charge in [-0.25, -0.2) is 0 Å². The molecule has 0 unspecified atom stereocenters. The van der Waals surface area contributed by atoms with Crippen LogP contribution in [0, 0.1) is 5.92 Å². The number of rotatable bonds is 6. The average Bonchev–Trinajstić information content (AvgIpc) is 2.78. The molecule has 1 saturated heterocycles. The zero-order valence-corrected chi connectivity index (χ0v) is 18.6. The molecule has 3 aromatic rings. The van der Waals surface area contributed by atoms with Gasteiger partial charge in [-0.15, -0.1) is 0 Å². The van der Waals surface area contributed by atoms with Gasteiger partial charge in [0.2, 0.25) is 5.91 Å². The number of nitrogens with one attached hydrogen (secondary N) is 1. The van der Waals surface area contributed by atoms with Gasteiger partial charge in [-0.05, 0) is 67.9 Å². The van der Waals surface area contributed by atoms with Gasteiger partial charge >= 0.3 is 0 Å². The van der Waals surface area contributed by atoms with E-state index < -0.39 is 0 Å². The zero-order valence-electron chi connectivity index (χ0n) is 17.1. The molecule has 4 rings (SSSR count). The van der Waals surface area contributed by atoms with Crippen LogP contribution in [-0.2, 0) is 11.3 Å². The average molecular weight is 455 g/mol. The number of carbonyl (C=O) groups excluding carboxylic acids is 1. The first-order chi connectivity index (χ1) is 15.1. The first-order valence-corrected chi connectivity index (χ1v) is 11.1. The van der Waals surface area contributed by atoms with Crippen molar-refractivity contribution in [2.75, 3.05) is 18.4 Å². The highest BCUT2D eigenvalue weighted by atomic mass is 35.5. The number of carbonyl (C=O) groups is 1. The van der Waals surface area contributed by atoms with E-state index in [0.717, 1.165) is 43.1 Å². The van der Waals surface area contributed by atoms with Crippen molar-refractivity contribution in [1.82, 2.24) is 4.90 Å². The first kappa shape index (κ1) is 21.7. The Labute approximate surface area is 192 Å². The summed E-state index contributed by atoms with van der Waals surface area (Å²) >= 11 is 12.5. The highest BCUT2D eigenvalue weighted by molar-refractivity contribution is 6.31. The van der Waals surface area contributed by atoms with Crippen molar-refractivity contribution in [3.63, 3.8) is 0 Å². The van der Waals surface area contributed by atoms with Crippen LogP contribution in [0.4, 0.5) is 5.69 Å². The summed E-state index contributed by atoms with van der Waals surface area (Å²) < 4.78 is 5.95. The Morgan fingerprint density at radius 1 is 0.968 bits per heavy atom. The Kier molecular flexibility index (Phi) is 7.13. The molecule has 1 N–H and O–H groups in total. The SMILES string of the molecule is O=C(Nc1cc(Cl)ccc1Oc1ccccc1)C1CCN(Cc2ccccc2Cl)CC1. The van der Waals surface area contributed by atoms with Crippen LogP contribution in [-0.4, -0.2) is 23.9 Å². The smallest absolute Gasteiger partial charge is 0.227 e. The lowest BCUT2D eigenvalue weighted by Gasteiger charge is -2.31. The van der Waals surface area contributed by atoms with E-state index >= 15 is 0 Å². The van der Waals surface area contributed by atoms with Crippen LogP contribution >= 0.6 is 23.2 Å². The lowest BCUT2D eigenvalue weighted by molar-refractivity contribution is -0.121. The maximum Gasteiger partial charge on any atom is 0.227 e. The highest BCUT2D eigenvalue weighted by Gasteiger charge is 2.26. The fourth-order valence-corrected chi connectivity index (χ4v) is 4.13. The first-order valence-electron chi connectivity index (χ1n) is 10.4. The monoisotopic (exact) mass is 454 g/mol. The molecular weight excluding hydrogens is 431 g/mol. The van der Waals surface area contributed by atoms with E-state index in [4.69, 9.17) is 27.9 Å². The standard InChI is InChI=1S/C25H24Cl2N2O2/c26-20-10-11-24(31-21-7-2-1-3-8-21)23(16-20)28-25(30)18-12-14-29(15-13-18)17-19-6-4-5-9-22(19)27/h1-11,16,18H,12-15,17H2,(H,28,30). The van der Waals surface area contributed by atoms with Crippen molar-refractivity contribution in [2.24, 2.45) is 5.92 Å². The van der Waals surface area contributed by atoms with Crippen LogP contribution in [0.3, 0.4) is 0 Å². The molecule has 31 heavy (non-hydrogen) atoms. The second-order valence-corrected chi connectivity index (χ2v) is 8.53. The van der Waals surface area contributed by atoms with Gasteiger partial charge in [0.15, 0.2) is 5.75 Å². The quantitative estimate of drug-likeness (QED) is 0.453. The fraction of sp³-hybridized carbons (Fsp3) is 0.240. The molecule has 0 radical (unpaired) electrons.